The predicted octanol–water partition coefficient (Wildman–Crippen LogP) is 0.583. The van der Waals surface area contributed by atoms with Crippen LogP contribution in [0.5, 0.6) is 11.5 Å². The maximum Gasteiger partial charge on any atom is 0.185 e. The summed E-state index contributed by atoms with van der Waals surface area (Å²) in [7, 11) is 0. The van der Waals surface area contributed by atoms with Crippen molar-refractivity contribution in [1.82, 2.24) is 5.32 Å². The van der Waals surface area contributed by atoms with Crippen molar-refractivity contribution < 1.29 is 9.47 Å². The number of piperazine rings is 1. The maximum absolute atomic E-state index is 6.07. The molecule has 0 aromatic heterocycles. The van der Waals surface area contributed by atoms with Crippen molar-refractivity contribution in [1.29, 1.82) is 0 Å². The minimum atomic E-state index is -0.0726. The van der Waals surface area contributed by atoms with Crippen LogP contribution in [0.25, 0.3) is 0 Å². The van der Waals surface area contributed by atoms with Crippen molar-refractivity contribution in [2.24, 2.45) is 5.73 Å². The third-order valence-corrected chi connectivity index (χ3v) is 3.67. The van der Waals surface area contributed by atoms with Crippen LogP contribution in [-0.4, -0.2) is 44.9 Å². The highest BCUT2D eigenvalue weighted by Crippen LogP contribution is 2.41. The number of anilines is 1. The van der Waals surface area contributed by atoms with Crippen LogP contribution in [-0.2, 0) is 0 Å². The number of rotatable bonds is 2. The Balaban J connectivity index is 1.89. The van der Waals surface area contributed by atoms with Crippen LogP contribution in [0, 0.1) is 0 Å². The van der Waals surface area contributed by atoms with Gasteiger partial charge in [0, 0.05) is 32.2 Å². The Labute approximate surface area is 113 Å². The van der Waals surface area contributed by atoms with Crippen LogP contribution in [0.1, 0.15) is 6.92 Å². The zero-order chi connectivity index (χ0) is 13.2. The number of hydrogen-bond donors (Lipinski definition) is 2. The van der Waals surface area contributed by atoms with E-state index in [1.165, 1.54) is 0 Å². The van der Waals surface area contributed by atoms with E-state index in [2.05, 4.69) is 16.3 Å². The average molecular weight is 263 g/mol. The van der Waals surface area contributed by atoms with E-state index in [0.29, 0.717) is 6.61 Å². The minimum Gasteiger partial charge on any atom is -0.486 e. The van der Waals surface area contributed by atoms with Gasteiger partial charge in [0.25, 0.3) is 0 Å². The third-order valence-electron chi connectivity index (χ3n) is 3.67. The van der Waals surface area contributed by atoms with Gasteiger partial charge in [0.05, 0.1) is 5.69 Å². The van der Waals surface area contributed by atoms with Gasteiger partial charge in [0.2, 0.25) is 0 Å². The number of para-hydroxylation sites is 1. The molecule has 19 heavy (non-hydrogen) atoms. The molecule has 3 rings (SSSR count). The summed E-state index contributed by atoms with van der Waals surface area (Å²) in [5.74, 6) is 1.67. The lowest BCUT2D eigenvalue weighted by atomic mass is 10.1. The first-order chi connectivity index (χ1) is 9.25. The van der Waals surface area contributed by atoms with E-state index in [-0.39, 0.29) is 12.1 Å². The fourth-order valence-electron chi connectivity index (χ4n) is 2.51. The van der Waals surface area contributed by atoms with Gasteiger partial charge in [-0.25, -0.2) is 0 Å². The van der Waals surface area contributed by atoms with Crippen molar-refractivity contribution in [2.75, 3.05) is 37.7 Å². The van der Waals surface area contributed by atoms with Crippen LogP contribution in [0.2, 0.25) is 0 Å². The van der Waals surface area contributed by atoms with Crippen LogP contribution in [0.4, 0.5) is 5.69 Å². The predicted molar refractivity (Wildman–Crippen MR) is 75.1 cm³/mol. The largest absolute Gasteiger partial charge is 0.486 e. The normalized spacial score (nSPS) is 24.1. The quantitative estimate of drug-likeness (QED) is 0.817. The Morgan fingerprint density at radius 1 is 1.37 bits per heavy atom. The molecule has 0 amide bonds. The first-order valence-electron chi connectivity index (χ1n) is 6.89. The Morgan fingerprint density at radius 3 is 2.89 bits per heavy atom. The van der Waals surface area contributed by atoms with Gasteiger partial charge >= 0.3 is 0 Å². The van der Waals surface area contributed by atoms with Gasteiger partial charge < -0.3 is 25.4 Å². The molecule has 2 unspecified atom stereocenters. The molecule has 0 saturated carbocycles. The molecule has 0 spiro atoms. The zero-order valence-electron chi connectivity index (χ0n) is 11.3. The molecule has 2 atom stereocenters. The average Bonchev–Trinajstić information content (AvgIpc) is 2.47. The lowest BCUT2D eigenvalue weighted by molar-refractivity contribution is 0.0769. The molecule has 1 aromatic carbocycles. The standard InChI is InChI=1S/C14H21N3O2/c1-10(15)13-9-18-12-4-2-3-11(14(12)19-13)17-7-5-16-6-8-17/h2-4,10,13,16H,5-9,15H2,1H3. The molecule has 104 valence electrons. The number of hydrogen-bond acceptors (Lipinski definition) is 5. The van der Waals surface area contributed by atoms with Crippen molar-refractivity contribution >= 4 is 5.69 Å². The van der Waals surface area contributed by atoms with Crippen LogP contribution < -0.4 is 25.4 Å². The summed E-state index contributed by atoms with van der Waals surface area (Å²) in [4.78, 5) is 2.34. The van der Waals surface area contributed by atoms with Crippen molar-refractivity contribution in [3.63, 3.8) is 0 Å². The van der Waals surface area contributed by atoms with Gasteiger partial charge in [-0.1, -0.05) is 6.07 Å². The second kappa shape index (κ2) is 5.27. The molecule has 2 aliphatic heterocycles. The topological polar surface area (TPSA) is 59.8 Å². The van der Waals surface area contributed by atoms with E-state index < -0.39 is 0 Å². The molecule has 5 nitrogen and oxygen atoms in total. The molecule has 0 radical (unpaired) electrons. The molecular weight excluding hydrogens is 242 g/mol. The van der Waals surface area contributed by atoms with E-state index >= 15 is 0 Å². The van der Waals surface area contributed by atoms with Gasteiger partial charge in [0.1, 0.15) is 12.7 Å². The van der Waals surface area contributed by atoms with Crippen molar-refractivity contribution in [3.8, 4) is 11.5 Å². The highest BCUT2D eigenvalue weighted by molar-refractivity contribution is 5.65. The Kier molecular flexibility index (Phi) is 3.48. The van der Waals surface area contributed by atoms with Gasteiger partial charge in [-0.3, -0.25) is 0 Å². The lowest BCUT2D eigenvalue weighted by Gasteiger charge is -2.35. The second-order valence-electron chi connectivity index (χ2n) is 5.17. The molecule has 0 aliphatic carbocycles. The van der Waals surface area contributed by atoms with Crippen LogP contribution >= 0.6 is 0 Å². The SMILES string of the molecule is CC(N)C1COc2cccc(N3CCNCC3)c2O1. The summed E-state index contributed by atoms with van der Waals surface area (Å²) in [6, 6.07) is 6.03. The van der Waals surface area contributed by atoms with Gasteiger partial charge in [-0.15, -0.1) is 0 Å². The molecule has 3 N–H and O–H groups in total. The molecule has 1 aromatic rings. The minimum absolute atomic E-state index is 0.0378. The molecule has 0 bridgehead atoms. The Hall–Kier alpha value is -1.46. The number of nitrogens with one attached hydrogen (secondary N) is 1. The monoisotopic (exact) mass is 263 g/mol. The molecule has 2 aliphatic rings. The smallest absolute Gasteiger partial charge is 0.185 e. The summed E-state index contributed by atoms with van der Waals surface area (Å²) in [5, 5.41) is 3.36. The number of fused-ring (bicyclic) bond motifs is 1. The van der Waals surface area contributed by atoms with Gasteiger partial charge in [-0.2, -0.15) is 0 Å². The van der Waals surface area contributed by atoms with E-state index in [9.17, 15) is 0 Å². The molecule has 1 saturated heterocycles. The van der Waals surface area contributed by atoms with Gasteiger partial charge in [0.15, 0.2) is 11.5 Å². The van der Waals surface area contributed by atoms with E-state index in [1.54, 1.807) is 0 Å². The number of nitrogens with zero attached hydrogens (tertiary/aromatic N) is 1. The summed E-state index contributed by atoms with van der Waals surface area (Å²) >= 11 is 0. The van der Waals surface area contributed by atoms with Gasteiger partial charge in [-0.05, 0) is 19.1 Å². The van der Waals surface area contributed by atoms with Crippen LogP contribution in [0.15, 0.2) is 18.2 Å². The zero-order valence-corrected chi connectivity index (χ0v) is 11.3. The summed E-state index contributed by atoms with van der Waals surface area (Å²) in [6.07, 6.45) is -0.0726. The van der Waals surface area contributed by atoms with Crippen molar-refractivity contribution in [2.45, 2.75) is 19.1 Å². The van der Waals surface area contributed by atoms with Crippen molar-refractivity contribution in [3.05, 3.63) is 18.2 Å². The number of nitrogens with two attached hydrogens (primary N) is 1. The summed E-state index contributed by atoms with van der Waals surface area (Å²) in [5.41, 5.74) is 7.04. The summed E-state index contributed by atoms with van der Waals surface area (Å²) < 4.78 is 11.8. The second-order valence-corrected chi connectivity index (χ2v) is 5.17. The third kappa shape index (κ3) is 2.48. The molecule has 2 heterocycles. The molecule has 5 heteroatoms. The Morgan fingerprint density at radius 2 is 2.16 bits per heavy atom. The maximum atomic E-state index is 6.07. The van der Waals surface area contributed by atoms with E-state index in [4.69, 9.17) is 15.2 Å². The van der Waals surface area contributed by atoms with E-state index in [1.807, 2.05) is 19.1 Å². The van der Waals surface area contributed by atoms with E-state index in [0.717, 1.165) is 43.4 Å². The highest BCUT2D eigenvalue weighted by atomic mass is 16.6. The highest BCUT2D eigenvalue weighted by Gasteiger charge is 2.28. The van der Waals surface area contributed by atoms with Crippen LogP contribution in [0.3, 0.4) is 0 Å². The lowest BCUT2D eigenvalue weighted by Crippen LogP contribution is -2.45. The fraction of sp³-hybridized carbons (Fsp3) is 0.571. The Bertz CT molecular complexity index is 444. The summed E-state index contributed by atoms with van der Waals surface area (Å²) in [6.45, 7) is 6.45. The molecular formula is C14H21N3O2. The number of ether oxygens (including phenoxy) is 2. The molecule has 1 fully saturated rings. The fourth-order valence-corrected chi connectivity index (χ4v) is 2.51. The first kappa shape index (κ1) is 12.6. The number of benzene rings is 1. The first-order valence-corrected chi connectivity index (χ1v) is 6.89.